The van der Waals surface area contributed by atoms with Gasteiger partial charge in [0.25, 0.3) is 22.9 Å². The van der Waals surface area contributed by atoms with Gasteiger partial charge < -0.3 is 43.7 Å². The van der Waals surface area contributed by atoms with Gasteiger partial charge in [0.1, 0.15) is 17.2 Å². The van der Waals surface area contributed by atoms with Gasteiger partial charge in [-0.3, -0.25) is 33.7 Å². The fraction of sp³-hybridized carbons (Fsp3) is 0.619. The number of dihydropyridines is 1. The van der Waals surface area contributed by atoms with E-state index in [9.17, 15) is 28.8 Å². The Labute approximate surface area is 529 Å². The number of aryl methyl sites for hydroxylation is 2. The number of rotatable bonds is 14. The van der Waals surface area contributed by atoms with Crippen molar-refractivity contribution < 1.29 is 33.1 Å². The first kappa shape index (κ1) is 80.5. The van der Waals surface area contributed by atoms with Crippen molar-refractivity contribution in [2.75, 3.05) is 6.61 Å². The molecule has 0 spiro atoms. The molecular formula is C63H101IN8O11Si3. The summed E-state index contributed by atoms with van der Waals surface area (Å²) in [6.07, 6.45) is 16.9. The normalized spacial score (nSPS) is 14.9. The third-order valence-corrected chi connectivity index (χ3v) is 29.6. The van der Waals surface area contributed by atoms with Crippen LogP contribution in [0.3, 0.4) is 0 Å². The van der Waals surface area contributed by atoms with E-state index < -0.39 is 37.0 Å². The first-order chi connectivity index (χ1) is 39.4. The summed E-state index contributed by atoms with van der Waals surface area (Å²) in [4.78, 5) is 72.3. The summed E-state index contributed by atoms with van der Waals surface area (Å²) < 4.78 is 24.4. The molecule has 0 aliphatic carbocycles. The molecule has 0 aromatic carbocycles. The highest BCUT2D eigenvalue weighted by molar-refractivity contribution is 14.1. The predicted octanol–water partition coefficient (Wildman–Crippen LogP) is 8.68. The van der Waals surface area contributed by atoms with E-state index in [2.05, 4.69) is 174 Å². The molecule has 2 aliphatic heterocycles. The summed E-state index contributed by atoms with van der Waals surface area (Å²) in [7, 11) is 0.911. The van der Waals surface area contributed by atoms with E-state index in [-0.39, 0.29) is 92.1 Å². The number of aliphatic hydroxyl groups excluding tert-OH is 2. The second-order valence-electron chi connectivity index (χ2n) is 25.5. The molecule has 6 N–H and O–H groups in total. The summed E-state index contributed by atoms with van der Waals surface area (Å²) >= 11 is 1.90. The van der Waals surface area contributed by atoms with E-state index in [1.165, 1.54) is 35.6 Å². The van der Waals surface area contributed by atoms with Crippen LogP contribution in [-0.2, 0) is 51.1 Å². The molecular weight excluding hydrogens is 1260 g/mol. The third-order valence-electron chi connectivity index (χ3n) is 15.3. The van der Waals surface area contributed by atoms with Crippen molar-refractivity contribution >= 4 is 71.0 Å². The van der Waals surface area contributed by atoms with Gasteiger partial charge in [0.2, 0.25) is 0 Å². The van der Waals surface area contributed by atoms with Gasteiger partial charge in [-0.25, -0.2) is 9.59 Å². The Hall–Kier alpha value is -5.46. The van der Waals surface area contributed by atoms with Gasteiger partial charge in [-0.05, 0) is 96.3 Å². The molecule has 0 saturated heterocycles. The first-order valence-corrected chi connectivity index (χ1v) is 38.8. The zero-order valence-corrected chi connectivity index (χ0v) is 60.7. The Morgan fingerprint density at radius 2 is 1.06 bits per heavy atom. The number of carbonyl (C=O) groups is 2. The SMILES string of the molecule is C#CC[C@@H](CC)O[Si](C)(C)C(C)(C)C.CC[C@H](CC#CC1=CCC(=N)NC1=O)O[Si](C)(C)C(C)(C)C.CC[C@H](CC#Cc1cn(C)c(=O)n(C)c1=O)O[Si](C)(C)C(C)(C)C.Cn1cc(I)c(=O)n(C)c1=O.NC1=NC(=O)C(C#CC[C@H](O)CO)=CC1. The van der Waals surface area contributed by atoms with E-state index in [0.717, 1.165) is 34.8 Å². The second-order valence-corrected chi connectivity index (χ2v) is 40.9. The zero-order valence-electron chi connectivity index (χ0n) is 55.5. The molecule has 0 fully saturated rings. The van der Waals surface area contributed by atoms with Gasteiger partial charge in [0.15, 0.2) is 25.0 Å². The van der Waals surface area contributed by atoms with Crippen molar-refractivity contribution in [2.24, 2.45) is 38.9 Å². The number of nitrogens with zero attached hydrogens (tertiary/aromatic N) is 5. The van der Waals surface area contributed by atoms with E-state index >= 15 is 0 Å². The summed E-state index contributed by atoms with van der Waals surface area (Å²) in [5.74, 6) is 19.6. The van der Waals surface area contributed by atoms with Crippen LogP contribution >= 0.6 is 22.6 Å². The lowest BCUT2D eigenvalue weighted by Crippen LogP contribution is -2.43. The molecule has 0 saturated carbocycles. The van der Waals surface area contributed by atoms with Crippen LogP contribution in [-0.4, -0.2) is 108 Å². The molecule has 19 nitrogen and oxygen atoms in total. The molecule has 4 heterocycles. The molecule has 0 unspecified atom stereocenters. The van der Waals surface area contributed by atoms with Crippen LogP contribution in [0.2, 0.25) is 54.4 Å². The van der Waals surface area contributed by atoms with Crippen molar-refractivity contribution in [2.45, 2.75) is 220 Å². The topological polar surface area (TPSA) is 265 Å². The van der Waals surface area contributed by atoms with E-state index in [1.807, 2.05) is 22.6 Å². The minimum Gasteiger partial charge on any atom is -0.413 e. The lowest BCUT2D eigenvalue weighted by Gasteiger charge is -2.38. The van der Waals surface area contributed by atoms with Gasteiger partial charge in [0.05, 0.1) is 45.7 Å². The van der Waals surface area contributed by atoms with Crippen molar-refractivity contribution in [1.29, 1.82) is 5.41 Å². The van der Waals surface area contributed by atoms with E-state index in [0.29, 0.717) is 40.4 Å². The molecule has 2 amide bonds. The van der Waals surface area contributed by atoms with E-state index in [4.69, 9.17) is 41.1 Å². The number of terminal acetylenes is 1. The highest BCUT2D eigenvalue weighted by Crippen LogP contribution is 2.40. The van der Waals surface area contributed by atoms with Crippen LogP contribution in [0.25, 0.3) is 0 Å². The van der Waals surface area contributed by atoms with Crippen LogP contribution in [0.15, 0.2) is 59.9 Å². The lowest BCUT2D eigenvalue weighted by molar-refractivity contribution is -0.116. The molecule has 0 bridgehead atoms. The van der Waals surface area contributed by atoms with Gasteiger partial charge in [-0.15, -0.1) is 12.3 Å². The molecule has 2 aromatic heterocycles. The number of aromatic nitrogens is 4. The molecule has 23 heteroatoms. The average molecular weight is 1360 g/mol. The summed E-state index contributed by atoms with van der Waals surface area (Å²) in [6, 6.07) is 0. The Bertz CT molecular complexity index is 3200. The number of carbonyl (C=O) groups excluding carboxylic acids is 2. The van der Waals surface area contributed by atoms with Gasteiger partial charge in [-0.2, -0.15) is 4.99 Å². The number of hydrogen-bond acceptors (Lipinski definition) is 13. The standard InChI is InChI=1S/C18H30N2O3Si.C17H28N2O2Si.C12H24OSi.C10H12N2O3.C6H7IN2O2/c1-9-15(23-24(7,8)18(2,3)4)12-10-11-14-13-19(5)17(22)20(6)16(14)21;1-7-14(21-22(5,6)17(2,3)4)10-8-9-13-11-12-15(18)19-16(13)20;1-8-10-11(9-2)13-14(6,7)12(3,4)5;11-9-5-4-7(10(15)12-9)2-1-3-8(14)6-13;1-8-3-4(7)5(10)9(2)6(8)11/h13,15H,9,12H2,1-8H3;11,14H,7,10,12H2,1-6H3,(H2,18,19,20);1,11H,9-10H2,2-7H3;4,8,13-14H,3,5-6H2,(H2,11,12,15);3H,1-2H3/t15-;14-;11-;8-;/m1110./s1. The average Bonchev–Trinajstić information content (AvgIpc) is 3.53. The van der Waals surface area contributed by atoms with Crippen molar-refractivity contribution in [3.05, 3.63) is 86.5 Å². The molecule has 4 atom stereocenters. The summed E-state index contributed by atoms with van der Waals surface area (Å²) in [5.41, 5.74) is 5.18. The van der Waals surface area contributed by atoms with Crippen LogP contribution < -0.4 is 33.5 Å². The number of hydrogen-bond donors (Lipinski definition) is 5. The van der Waals surface area contributed by atoms with E-state index in [1.54, 1.807) is 26.2 Å². The molecule has 2 aliphatic rings. The fourth-order valence-electron chi connectivity index (χ4n) is 6.52. The van der Waals surface area contributed by atoms with Crippen molar-refractivity contribution in [3.63, 3.8) is 0 Å². The highest BCUT2D eigenvalue weighted by Gasteiger charge is 2.40. The molecule has 86 heavy (non-hydrogen) atoms. The molecule has 2 aromatic rings. The van der Waals surface area contributed by atoms with Crippen molar-refractivity contribution in [3.8, 4) is 47.9 Å². The maximum absolute atomic E-state index is 12.1. The van der Waals surface area contributed by atoms with Crippen LogP contribution in [0.4, 0.5) is 0 Å². The third kappa shape index (κ3) is 27.3. The maximum atomic E-state index is 12.1. The monoisotopic (exact) mass is 1360 g/mol. The first-order valence-electron chi connectivity index (χ1n) is 29.0. The Balaban J connectivity index is 0.00000108. The van der Waals surface area contributed by atoms with Crippen LogP contribution in [0.5, 0.6) is 0 Å². The van der Waals surface area contributed by atoms with Crippen LogP contribution in [0, 0.1) is 56.8 Å². The summed E-state index contributed by atoms with van der Waals surface area (Å²) in [5, 5.41) is 28.0. The zero-order chi connectivity index (χ0) is 66.9. The number of nitrogens with one attached hydrogen (secondary N) is 2. The number of amidine groups is 2. The smallest absolute Gasteiger partial charge is 0.330 e. The Kier molecular flexibility index (Phi) is 33.8. The lowest BCUT2D eigenvalue weighted by atomic mass is 10.1. The van der Waals surface area contributed by atoms with Gasteiger partial charge in [0, 0.05) is 79.1 Å². The molecule has 478 valence electrons. The Morgan fingerprint density at radius 3 is 1.47 bits per heavy atom. The summed E-state index contributed by atoms with van der Waals surface area (Å²) in [6.45, 7) is 39.5. The maximum Gasteiger partial charge on any atom is 0.330 e. The number of aliphatic hydroxyl groups is 2. The largest absolute Gasteiger partial charge is 0.413 e. The minimum absolute atomic E-state index is 0.0646. The van der Waals surface area contributed by atoms with Crippen molar-refractivity contribution in [1.82, 2.24) is 23.6 Å². The fourth-order valence-corrected chi connectivity index (χ4v) is 11.6. The minimum atomic E-state index is -1.83. The van der Waals surface area contributed by atoms with Gasteiger partial charge in [-0.1, -0.05) is 131 Å². The second kappa shape index (κ2) is 36.1. The molecule has 0 radical (unpaired) electrons. The number of aliphatic imine (C=N–C) groups is 1. The Morgan fingerprint density at radius 1 is 0.663 bits per heavy atom. The number of nitrogens with two attached hydrogens (primary N) is 1. The predicted molar refractivity (Wildman–Crippen MR) is 364 cm³/mol. The number of amides is 2. The van der Waals surface area contributed by atoms with Gasteiger partial charge >= 0.3 is 11.4 Å². The number of halogens is 1. The molecule has 4 rings (SSSR count). The highest BCUT2D eigenvalue weighted by atomic mass is 127. The van der Waals surface area contributed by atoms with Crippen LogP contribution in [0.1, 0.15) is 146 Å². The quantitative estimate of drug-likeness (QED) is 0.0676.